The molecule has 0 spiro atoms. The first-order valence-electron chi connectivity index (χ1n) is 12.7. The van der Waals surface area contributed by atoms with Gasteiger partial charge in [-0.05, 0) is 63.9 Å². The van der Waals surface area contributed by atoms with Crippen molar-refractivity contribution >= 4 is 23.5 Å². The molecule has 0 aliphatic carbocycles. The largest absolute Gasteiger partial charge is 0.490 e. The third kappa shape index (κ3) is 6.43. The number of nitrogens with zero attached hydrogens (tertiary/aromatic N) is 2. The second-order valence-corrected chi connectivity index (χ2v) is 9.47. The molecule has 0 bridgehead atoms. The van der Waals surface area contributed by atoms with Crippen molar-refractivity contribution < 1.29 is 23.9 Å². The number of carbonyl (C=O) groups excluding carboxylic acids is 3. The van der Waals surface area contributed by atoms with Gasteiger partial charge < -0.3 is 35.2 Å². The number of amides is 4. The average Bonchev–Trinajstić information content (AvgIpc) is 3.35. The predicted octanol–water partition coefficient (Wildman–Crippen LogP) is 1.81. The summed E-state index contributed by atoms with van der Waals surface area (Å²) >= 11 is 0. The molecule has 1 aromatic rings. The Labute approximate surface area is 206 Å². The van der Waals surface area contributed by atoms with Crippen LogP contribution >= 0.6 is 0 Å². The maximum atomic E-state index is 13.3. The van der Waals surface area contributed by atoms with Gasteiger partial charge >= 0.3 is 6.03 Å². The average molecular weight is 488 g/mol. The Hall–Kier alpha value is -2.85. The number of ether oxygens (including phenoxy) is 2. The second-order valence-electron chi connectivity index (χ2n) is 9.47. The number of hydrogen-bond acceptors (Lipinski definition) is 6. The number of rotatable bonds is 7. The van der Waals surface area contributed by atoms with Crippen molar-refractivity contribution in [2.75, 3.05) is 51.7 Å². The van der Waals surface area contributed by atoms with Crippen LogP contribution in [0, 0.1) is 0 Å². The molecular formula is C25H37N5O5. The normalized spacial score (nSPS) is 24.5. The zero-order valence-electron chi connectivity index (χ0n) is 20.7. The molecule has 1 aromatic carbocycles. The summed E-state index contributed by atoms with van der Waals surface area (Å²) < 4.78 is 12.3. The van der Waals surface area contributed by atoms with Crippen LogP contribution in [0.15, 0.2) is 18.2 Å². The van der Waals surface area contributed by atoms with Crippen molar-refractivity contribution in [3.8, 4) is 5.75 Å². The van der Waals surface area contributed by atoms with Gasteiger partial charge in [-0.25, -0.2) is 4.79 Å². The van der Waals surface area contributed by atoms with Crippen molar-refractivity contribution in [1.29, 1.82) is 0 Å². The van der Waals surface area contributed by atoms with Crippen LogP contribution in [0.4, 0.5) is 10.5 Å². The molecule has 0 aromatic heterocycles. The molecule has 3 atom stereocenters. The van der Waals surface area contributed by atoms with Crippen molar-refractivity contribution in [2.24, 2.45) is 0 Å². The van der Waals surface area contributed by atoms with E-state index in [0.29, 0.717) is 42.9 Å². The SMILES string of the molecule is CCNC(=O)Nc1ccc2c(c1)C(=O)N(C)[C@@H]1CC[C@H](CC(=O)NCCN3CCCC3)O[C@H]1CO2. The molecule has 0 unspecified atom stereocenters. The quantitative estimate of drug-likeness (QED) is 0.541. The minimum absolute atomic E-state index is 0.00123. The van der Waals surface area contributed by atoms with E-state index in [0.717, 1.165) is 26.1 Å². The number of carbonyl (C=O) groups is 3. The topological polar surface area (TPSA) is 112 Å². The van der Waals surface area contributed by atoms with E-state index in [-0.39, 0.29) is 42.7 Å². The molecule has 192 valence electrons. The number of hydrogen-bond donors (Lipinski definition) is 3. The summed E-state index contributed by atoms with van der Waals surface area (Å²) in [7, 11) is 1.77. The van der Waals surface area contributed by atoms with Crippen LogP contribution < -0.4 is 20.7 Å². The Kier molecular flexibility index (Phi) is 8.46. The van der Waals surface area contributed by atoms with Gasteiger partial charge in [0.15, 0.2) is 0 Å². The van der Waals surface area contributed by atoms with Crippen LogP contribution in [0.2, 0.25) is 0 Å². The number of urea groups is 1. The highest BCUT2D eigenvalue weighted by Gasteiger charge is 2.39. The van der Waals surface area contributed by atoms with E-state index in [1.165, 1.54) is 12.8 Å². The fourth-order valence-corrected chi connectivity index (χ4v) is 5.08. The highest BCUT2D eigenvalue weighted by Crippen LogP contribution is 2.32. The predicted molar refractivity (Wildman–Crippen MR) is 132 cm³/mol. The minimum Gasteiger partial charge on any atom is -0.490 e. The highest BCUT2D eigenvalue weighted by molar-refractivity contribution is 5.99. The van der Waals surface area contributed by atoms with E-state index >= 15 is 0 Å². The van der Waals surface area contributed by atoms with Gasteiger partial charge in [-0.3, -0.25) is 9.59 Å². The van der Waals surface area contributed by atoms with Crippen LogP contribution in [-0.4, -0.2) is 92.3 Å². The van der Waals surface area contributed by atoms with Crippen molar-refractivity contribution in [1.82, 2.24) is 20.4 Å². The zero-order chi connectivity index (χ0) is 24.8. The fourth-order valence-electron chi connectivity index (χ4n) is 5.08. The molecule has 2 fully saturated rings. The number of fused-ring (bicyclic) bond motifs is 2. The molecule has 4 amide bonds. The van der Waals surface area contributed by atoms with Crippen LogP contribution in [-0.2, 0) is 9.53 Å². The van der Waals surface area contributed by atoms with E-state index < -0.39 is 0 Å². The number of likely N-dealkylation sites (N-methyl/N-ethyl adjacent to an activating group) is 1. The molecule has 3 aliphatic heterocycles. The number of benzene rings is 1. The monoisotopic (exact) mass is 487 g/mol. The van der Waals surface area contributed by atoms with Gasteiger partial charge in [0, 0.05) is 32.4 Å². The van der Waals surface area contributed by atoms with E-state index in [2.05, 4.69) is 20.9 Å². The molecule has 0 saturated carbocycles. The summed E-state index contributed by atoms with van der Waals surface area (Å²) in [5, 5.41) is 8.42. The Morgan fingerprint density at radius 3 is 2.71 bits per heavy atom. The Morgan fingerprint density at radius 1 is 1.14 bits per heavy atom. The van der Waals surface area contributed by atoms with E-state index in [1.54, 1.807) is 30.1 Å². The maximum absolute atomic E-state index is 13.3. The molecule has 10 heteroatoms. The molecule has 4 rings (SSSR count). The molecule has 3 aliphatic rings. The number of anilines is 1. The first-order chi connectivity index (χ1) is 16.9. The summed E-state index contributed by atoms with van der Waals surface area (Å²) in [5.74, 6) is 0.268. The summed E-state index contributed by atoms with van der Waals surface area (Å²) in [6.45, 7) is 6.41. The zero-order valence-corrected chi connectivity index (χ0v) is 20.7. The van der Waals surface area contributed by atoms with Crippen LogP contribution in [0.25, 0.3) is 0 Å². The Bertz CT molecular complexity index is 920. The van der Waals surface area contributed by atoms with Gasteiger partial charge in [-0.1, -0.05) is 0 Å². The maximum Gasteiger partial charge on any atom is 0.319 e. The standard InChI is InChI=1S/C25H37N5O5/c1-3-26-25(33)28-17-6-9-21-19(14-17)24(32)29(2)20-8-7-18(35-22(20)16-34-21)15-23(31)27-10-13-30-11-4-5-12-30/h6,9,14,18,20,22H,3-5,7-8,10-13,15-16H2,1-2H3,(H,27,31)(H2,26,28,33)/t18-,20-,22+/m1/s1. The Balaban J connectivity index is 1.34. The fraction of sp³-hybridized carbons (Fsp3) is 0.640. The van der Waals surface area contributed by atoms with Gasteiger partial charge in [0.05, 0.1) is 24.1 Å². The second kappa shape index (κ2) is 11.7. The highest BCUT2D eigenvalue weighted by atomic mass is 16.5. The van der Waals surface area contributed by atoms with Gasteiger partial charge in [0.2, 0.25) is 5.91 Å². The summed E-state index contributed by atoms with van der Waals surface area (Å²) in [4.78, 5) is 41.7. The van der Waals surface area contributed by atoms with E-state index in [9.17, 15) is 14.4 Å². The van der Waals surface area contributed by atoms with Gasteiger partial charge in [0.25, 0.3) is 5.91 Å². The molecule has 10 nitrogen and oxygen atoms in total. The smallest absolute Gasteiger partial charge is 0.319 e. The summed E-state index contributed by atoms with van der Waals surface area (Å²) in [5.41, 5.74) is 0.924. The van der Waals surface area contributed by atoms with Crippen LogP contribution in [0.5, 0.6) is 5.75 Å². The summed E-state index contributed by atoms with van der Waals surface area (Å²) in [6, 6.07) is 4.56. The van der Waals surface area contributed by atoms with Crippen molar-refractivity contribution in [2.45, 2.75) is 57.3 Å². The Morgan fingerprint density at radius 2 is 1.94 bits per heavy atom. The molecule has 35 heavy (non-hydrogen) atoms. The molecule has 3 heterocycles. The molecule has 3 N–H and O–H groups in total. The van der Waals surface area contributed by atoms with E-state index in [1.807, 2.05) is 6.92 Å². The third-order valence-electron chi connectivity index (χ3n) is 6.97. The van der Waals surface area contributed by atoms with Gasteiger partial charge in [0.1, 0.15) is 18.5 Å². The van der Waals surface area contributed by atoms with Gasteiger partial charge in [-0.15, -0.1) is 0 Å². The van der Waals surface area contributed by atoms with Crippen LogP contribution in [0.1, 0.15) is 49.4 Å². The lowest BCUT2D eigenvalue weighted by molar-refractivity contribution is -0.134. The third-order valence-corrected chi connectivity index (χ3v) is 6.97. The minimum atomic E-state index is -0.327. The number of likely N-dealkylation sites (tertiary alicyclic amines) is 1. The van der Waals surface area contributed by atoms with Gasteiger partial charge in [-0.2, -0.15) is 0 Å². The molecule has 0 radical (unpaired) electrons. The van der Waals surface area contributed by atoms with Crippen molar-refractivity contribution in [3.63, 3.8) is 0 Å². The summed E-state index contributed by atoms with van der Waals surface area (Å²) in [6.07, 6.45) is 3.71. The first-order valence-corrected chi connectivity index (χ1v) is 12.7. The van der Waals surface area contributed by atoms with Crippen molar-refractivity contribution in [3.05, 3.63) is 23.8 Å². The lowest BCUT2D eigenvalue weighted by Crippen LogP contribution is -2.54. The molecular weight excluding hydrogens is 450 g/mol. The van der Waals surface area contributed by atoms with Crippen LogP contribution in [0.3, 0.4) is 0 Å². The number of nitrogens with one attached hydrogen (secondary N) is 3. The lowest BCUT2D eigenvalue weighted by Gasteiger charge is -2.42. The molecule has 2 saturated heterocycles. The van der Waals surface area contributed by atoms with E-state index in [4.69, 9.17) is 9.47 Å². The lowest BCUT2D eigenvalue weighted by atomic mass is 9.94. The first kappa shape index (κ1) is 25.2.